The highest BCUT2D eigenvalue weighted by Crippen LogP contribution is 2.04. The number of halogens is 2. The van der Waals surface area contributed by atoms with Crippen molar-refractivity contribution in [2.45, 2.75) is 6.92 Å². The first-order valence-electron chi connectivity index (χ1n) is 1.74. The van der Waals surface area contributed by atoms with Crippen molar-refractivity contribution in [1.82, 2.24) is 0 Å². The van der Waals surface area contributed by atoms with Crippen LogP contribution in [0, 0.1) is 5.41 Å². The second-order valence-electron chi connectivity index (χ2n) is 0.951. The summed E-state index contributed by atoms with van der Waals surface area (Å²) >= 11 is 10.4. The Morgan fingerprint density at radius 3 is 2.00 bits per heavy atom. The van der Waals surface area contributed by atoms with Gasteiger partial charge < -0.3 is 0 Å². The minimum absolute atomic E-state index is 0.107. The van der Waals surface area contributed by atoms with E-state index < -0.39 is 0 Å². The molecule has 0 aliphatic rings. The van der Waals surface area contributed by atoms with Crippen molar-refractivity contribution >= 4 is 28.4 Å². The van der Waals surface area contributed by atoms with E-state index in [4.69, 9.17) is 28.6 Å². The molecule has 0 atom stereocenters. The Morgan fingerprint density at radius 1 is 1.57 bits per heavy atom. The van der Waals surface area contributed by atoms with Gasteiger partial charge in [-0.2, -0.15) is 0 Å². The normalized spacial score (nSPS) is 11.6. The van der Waals surface area contributed by atoms with E-state index >= 15 is 0 Å². The summed E-state index contributed by atoms with van der Waals surface area (Å²) in [7, 11) is 0. The Bertz CT molecular complexity index is 106. The summed E-state index contributed by atoms with van der Waals surface area (Å²) in [4.78, 5) is 0. The minimum atomic E-state index is -0.107. The lowest BCUT2D eigenvalue weighted by Gasteiger charge is -1.83. The van der Waals surface area contributed by atoms with E-state index in [9.17, 15) is 0 Å². The van der Waals surface area contributed by atoms with E-state index in [1.807, 2.05) is 0 Å². The van der Waals surface area contributed by atoms with E-state index in [1.165, 1.54) is 0 Å². The van der Waals surface area contributed by atoms with E-state index in [-0.39, 0.29) is 5.17 Å². The van der Waals surface area contributed by atoms with Crippen molar-refractivity contribution in [2.75, 3.05) is 0 Å². The van der Waals surface area contributed by atoms with Crippen molar-refractivity contribution in [3.8, 4) is 0 Å². The van der Waals surface area contributed by atoms with E-state index in [0.717, 1.165) is 0 Å². The smallest absolute Gasteiger partial charge is 0.139 e. The number of allylic oxidation sites excluding steroid dienone is 2. The fraction of sp³-hybridized carbons (Fsp3) is 0.250. The van der Waals surface area contributed by atoms with Gasteiger partial charge in [-0.3, -0.25) is 5.41 Å². The first kappa shape index (κ1) is 6.99. The molecule has 40 valence electrons. The molecule has 0 heterocycles. The highest BCUT2D eigenvalue weighted by molar-refractivity contribution is 6.75. The molecule has 0 aromatic heterocycles. The lowest BCUT2D eigenvalue weighted by molar-refractivity contribution is 1.55. The molecule has 0 radical (unpaired) electrons. The Labute approximate surface area is 52.4 Å². The topological polar surface area (TPSA) is 23.9 Å². The molecular formula is C4H5Cl2N. The summed E-state index contributed by atoms with van der Waals surface area (Å²) in [5, 5.41) is 6.85. The van der Waals surface area contributed by atoms with Gasteiger partial charge >= 0.3 is 0 Å². The van der Waals surface area contributed by atoms with E-state index in [1.54, 1.807) is 13.0 Å². The standard InChI is InChI=1S/C4H5Cl2N/c1-2-3(5)4(6)7/h2,7H,1H3. The van der Waals surface area contributed by atoms with E-state index in [0.29, 0.717) is 5.03 Å². The van der Waals surface area contributed by atoms with Gasteiger partial charge in [-0.1, -0.05) is 29.3 Å². The second kappa shape index (κ2) is 3.05. The van der Waals surface area contributed by atoms with Crippen molar-refractivity contribution in [1.29, 1.82) is 5.41 Å². The SMILES string of the molecule is CC=C(Cl)C(=N)Cl. The van der Waals surface area contributed by atoms with Crippen LogP contribution in [0.15, 0.2) is 11.1 Å². The molecule has 0 saturated carbocycles. The third-order valence-corrected chi connectivity index (χ3v) is 1.17. The Kier molecular flexibility index (Phi) is 3.05. The zero-order valence-corrected chi connectivity index (χ0v) is 5.35. The Morgan fingerprint density at radius 2 is 2.00 bits per heavy atom. The Hall–Kier alpha value is -0.0100. The molecule has 0 saturated heterocycles. The van der Waals surface area contributed by atoms with Crippen LogP contribution in [0.2, 0.25) is 0 Å². The van der Waals surface area contributed by atoms with Crippen LogP contribution in [0.25, 0.3) is 0 Å². The van der Waals surface area contributed by atoms with Gasteiger partial charge in [-0.25, -0.2) is 0 Å². The van der Waals surface area contributed by atoms with Gasteiger partial charge in [0.15, 0.2) is 0 Å². The summed E-state index contributed by atoms with van der Waals surface area (Å²) < 4.78 is 0. The number of rotatable bonds is 1. The first-order chi connectivity index (χ1) is 3.18. The molecule has 3 heteroatoms. The third-order valence-electron chi connectivity index (χ3n) is 0.463. The van der Waals surface area contributed by atoms with Crippen LogP contribution >= 0.6 is 23.2 Å². The third kappa shape index (κ3) is 2.66. The average Bonchev–Trinajstić information content (AvgIpc) is 1.65. The first-order valence-corrected chi connectivity index (χ1v) is 2.50. The van der Waals surface area contributed by atoms with Crippen LogP contribution in [0.1, 0.15) is 6.92 Å². The molecule has 0 aromatic carbocycles. The maximum atomic E-state index is 6.67. The molecule has 7 heavy (non-hydrogen) atoms. The molecule has 1 nitrogen and oxygen atoms in total. The summed E-state index contributed by atoms with van der Waals surface area (Å²) in [5.41, 5.74) is 0. The Balaban J connectivity index is 3.82. The zero-order valence-electron chi connectivity index (χ0n) is 3.83. The van der Waals surface area contributed by atoms with Gasteiger partial charge in [0.05, 0.1) is 5.03 Å². The number of nitrogens with one attached hydrogen (secondary N) is 1. The maximum Gasteiger partial charge on any atom is 0.139 e. The molecular weight excluding hydrogens is 133 g/mol. The molecule has 0 aromatic rings. The molecule has 1 N–H and O–H groups in total. The van der Waals surface area contributed by atoms with Crippen LogP contribution in [0.5, 0.6) is 0 Å². The lowest BCUT2D eigenvalue weighted by atomic mass is 10.5. The quantitative estimate of drug-likeness (QED) is 0.537. The van der Waals surface area contributed by atoms with Crippen molar-refractivity contribution in [2.24, 2.45) is 0 Å². The predicted octanol–water partition coefficient (Wildman–Crippen LogP) is 2.35. The van der Waals surface area contributed by atoms with Crippen LogP contribution < -0.4 is 0 Å². The van der Waals surface area contributed by atoms with Gasteiger partial charge in [-0.05, 0) is 6.92 Å². The molecule has 0 aliphatic heterocycles. The summed E-state index contributed by atoms with van der Waals surface area (Å²) in [5.74, 6) is 0. The van der Waals surface area contributed by atoms with Gasteiger partial charge in [0, 0.05) is 0 Å². The second-order valence-corrected chi connectivity index (χ2v) is 1.74. The van der Waals surface area contributed by atoms with Gasteiger partial charge in [0.2, 0.25) is 0 Å². The molecule has 0 fully saturated rings. The molecule has 0 spiro atoms. The van der Waals surface area contributed by atoms with Crippen LogP contribution in [0.3, 0.4) is 0 Å². The molecule has 0 unspecified atom stereocenters. The van der Waals surface area contributed by atoms with Crippen LogP contribution in [-0.2, 0) is 0 Å². The highest BCUT2D eigenvalue weighted by atomic mass is 35.5. The highest BCUT2D eigenvalue weighted by Gasteiger charge is 1.90. The van der Waals surface area contributed by atoms with Crippen LogP contribution in [0.4, 0.5) is 0 Å². The van der Waals surface area contributed by atoms with Crippen molar-refractivity contribution < 1.29 is 0 Å². The summed E-state index contributed by atoms with van der Waals surface area (Å²) in [6.45, 7) is 1.72. The zero-order chi connectivity index (χ0) is 5.86. The molecule has 0 rings (SSSR count). The maximum absolute atomic E-state index is 6.67. The van der Waals surface area contributed by atoms with Crippen molar-refractivity contribution in [3.05, 3.63) is 11.1 Å². The van der Waals surface area contributed by atoms with Gasteiger partial charge in [0.1, 0.15) is 5.17 Å². The molecule has 0 bridgehead atoms. The fourth-order valence-corrected chi connectivity index (χ4v) is 0.236. The van der Waals surface area contributed by atoms with Gasteiger partial charge in [0.25, 0.3) is 0 Å². The largest absolute Gasteiger partial charge is 0.288 e. The summed E-state index contributed by atoms with van der Waals surface area (Å²) in [6, 6.07) is 0. The molecule has 0 aliphatic carbocycles. The number of hydrogen-bond donors (Lipinski definition) is 1. The minimum Gasteiger partial charge on any atom is -0.288 e. The summed E-state index contributed by atoms with van der Waals surface area (Å²) in [6.07, 6.45) is 1.57. The van der Waals surface area contributed by atoms with Gasteiger partial charge in [-0.15, -0.1) is 0 Å². The van der Waals surface area contributed by atoms with Crippen LogP contribution in [-0.4, -0.2) is 5.17 Å². The molecule has 0 amide bonds. The lowest BCUT2D eigenvalue weighted by Crippen LogP contribution is -1.79. The predicted molar refractivity (Wildman–Crippen MR) is 33.2 cm³/mol. The number of hydrogen-bond acceptors (Lipinski definition) is 1. The van der Waals surface area contributed by atoms with Crippen molar-refractivity contribution in [3.63, 3.8) is 0 Å². The fourth-order valence-electron chi connectivity index (χ4n) is 0.127. The monoisotopic (exact) mass is 137 g/mol. The average molecular weight is 138 g/mol. The van der Waals surface area contributed by atoms with E-state index in [2.05, 4.69) is 0 Å².